The third kappa shape index (κ3) is 2.64. The molecule has 1 fully saturated rings. The Kier molecular flexibility index (Phi) is 3.12. The van der Waals surface area contributed by atoms with Crippen molar-refractivity contribution in [2.24, 2.45) is 0 Å². The largest absolute Gasteiger partial charge is 0.388 e. The molecule has 0 bridgehead atoms. The number of hydrogen-bond donors (Lipinski definition) is 2. The van der Waals surface area contributed by atoms with Gasteiger partial charge in [0.05, 0.1) is 13.2 Å². The van der Waals surface area contributed by atoms with Crippen LogP contribution in [0.15, 0.2) is 0 Å². The van der Waals surface area contributed by atoms with Crippen LogP contribution in [0.5, 0.6) is 0 Å². The van der Waals surface area contributed by atoms with E-state index in [1.807, 2.05) is 6.92 Å². The lowest BCUT2D eigenvalue weighted by Gasteiger charge is -2.24. The zero-order valence-corrected chi connectivity index (χ0v) is 6.47. The van der Waals surface area contributed by atoms with Crippen LogP contribution in [0.4, 0.5) is 0 Å². The van der Waals surface area contributed by atoms with Crippen LogP contribution < -0.4 is 4.90 Å². The van der Waals surface area contributed by atoms with Gasteiger partial charge in [-0.2, -0.15) is 0 Å². The third-order valence-electron chi connectivity index (χ3n) is 1.78. The van der Waals surface area contributed by atoms with E-state index in [1.54, 1.807) is 0 Å². The van der Waals surface area contributed by atoms with Crippen molar-refractivity contribution in [2.75, 3.05) is 32.8 Å². The molecule has 0 amide bonds. The molecule has 60 valence electrons. The molecule has 0 spiro atoms. The van der Waals surface area contributed by atoms with E-state index in [4.69, 9.17) is 9.84 Å². The van der Waals surface area contributed by atoms with Gasteiger partial charge >= 0.3 is 0 Å². The van der Waals surface area contributed by atoms with E-state index in [9.17, 15) is 0 Å². The molecule has 0 unspecified atom stereocenters. The molecule has 10 heavy (non-hydrogen) atoms. The van der Waals surface area contributed by atoms with Gasteiger partial charge in [0.25, 0.3) is 0 Å². The zero-order valence-electron chi connectivity index (χ0n) is 6.47. The standard InChI is InChI=1S/C7H15NO2/c1-7(9)6-8-2-4-10-5-3-8/h7,9H,2-6H2,1H3/p+1/t7-/m0/s1. The number of nitrogens with one attached hydrogen (secondary N) is 1. The molecule has 0 saturated carbocycles. The molecule has 3 nitrogen and oxygen atoms in total. The minimum absolute atomic E-state index is 0.173. The van der Waals surface area contributed by atoms with Crippen molar-refractivity contribution in [3.05, 3.63) is 0 Å². The van der Waals surface area contributed by atoms with Crippen molar-refractivity contribution in [2.45, 2.75) is 13.0 Å². The molecule has 1 atom stereocenters. The summed E-state index contributed by atoms with van der Waals surface area (Å²) in [4.78, 5) is 1.46. The minimum atomic E-state index is -0.173. The van der Waals surface area contributed by atoms with Crippen LogP contribution in [-0.2, 0) is 4.74 Å². The monoisotopic (exact) mass is 146 g/mol. The highest BCUT2D eigenvalue weighted by Gasteiger charge is 2.14. The predicted molar refractivity (Wildman–Crippen MR) is 38.1 cm³/mol. The Hall–Kier alpha value is -0.120. The molecule has 0 radical (unpaired) electrons. The van der Waals surface area contributed by atoms with Crippen molar-refractivity contribution in [1.82, 2.24) is 0 Å². The molecule has 0 aliphatic carbocycles. The minimum Gasteiger partial charge on any atom is -0.388 e. The van der Waals surface area contributed by atoms with E-state index in [0.717, 1.165) is 32.8 Å². The fourth-order valence-corrected chi connectivity index (χ4v) is 1.28. The summed E-state index contributed by atoms with van der Waals surface area (Å²) in [5.74, 6) is 0. The summed E-state index contributed by atoms with van der Waals surface area (Å²) in [5.41, 5.74) is 0. The molecule has 0 aromatic carbocycles. The number of aliphatic hydroxyl groups excluding tert-OH is 1. The van der Waals surface area contributed by atoms with Crippen molar-refractivity contribution in [1.29, 1.82) is 0 Å². The van der Waals surface area contributed by atoms with Gasteiger partial charge in [0.2, 0.25) is 0 Å². The molecule has 1 rings (SSSR count). The first-order valence-electron chi connectivity index (χ1n) is 3.88. The van der Waals surface area contributed by atoms with Crippen LogP contribution in [0.25, 0.3) is 0 Å². The summed E-state index contributed by atoms with van der Waals surface area (Å²) in [6, 6.07) is 0. The normalized spacial score (nSPS) is 24.6. The summed E-state index contributed by atoms with van der Waals surface area (Å²) in [6.45, 7) is 6.49. The van der Waals surface area contributed by atoms with Crippen LogP contribution in [0.1, 0.15) is 6.92 Å². The van der Waals surface area contributed by atoms with Crippen LogP contribution in [0.3, 0.4) is 0 Å². The lowest BCUT2D eigenvalue weighted by Crippen LogP contribution is -3.15. The van der Waals surface area contributed by atoms with Gasteiger partial charge in [-0.3, -0.25) is 0 Å². The van der Waals surface area contributed by atoms with Crippen molar-refractivity contribution >= 4 is 0 Å². The summed E-state index contributed by atoms with van der Waals surface area (Å²) in [7, 11) is 0. The summed E-state index contributed by atoms with van der Waals surface area (Å²) < 4.78 is 5.18. The smallest absolute Gasteiger partial charge is 0.103 e. The molecule has 1 aliphatic heterocycles. The molecular weight excluding hydrogens is 130 g/mol. The maximum atomic E-state index is 9.04. The molecule has 0 aromatic heterocycles. The molecule has 1 aliphatic rings. The van der Waals surface area contributed by atoms with Crippen LogP contribution in [-0.4, -0.2) is 44.1 Å². The predicted octanol–water partition coefficient (Wildman–Crippen LogP) is -1.72. The Labute approximate surface area is 61.6 Å². The first-order chi connectivity index (χ1) is 4.79. The Morgan fingerprint density at radius 2 is 2.10 bits per heavy atom. The lowest BCUT2D eigenvalue weighted by molar-refractivity contribution is -0.910. The fraction of sp³-hybridized carbons (Fsp3) is 1.00. The topological polar surface area (TPSA) is 33.9 Å². The van der Waals surface area contributed by atoms with Crippen LogP contribution >= 0.6 is 0 Å². The quantitative estimate of drug-likeness (QED) is 0.486. The van der Waals surface area contributed by atoms with Crippen LogP contribution in [0, 0.1) is 0 Å². The molecular formula is C7H16NO2+. The highest BCUT2D eigenvalue weighted by atomic mass is 16.5. The summed E-state index contributed by atoms with van der Waals surface area (Å²) >= 11 is 0. The molecule has 2 N–H and O–H groups in total. The van der Waals surface area contributed by atoms with Gasteiger partial charge in [-0.1, -0.05) is 0 Å². The maximum Gasteiger partial charge on any atom is 0.103 e. The van der Waals surface area contributed by atoms with Gasteiger partial charge < -0.3 is 14.7 Å². The number of rotatable bonds is 2. The Morgan fingerprint density at radius 3 is 2.60 bits per heavy atom. The highest BCUT2D eigenvalue weighted by molar-refractivity contribution is 4.44. The first kappa shape index (κ1) is 7.98. The number of hydrogen-bond acceptors (Lipinski definition) is 2. The molecule has 3 heteroatoms. The number of quaternary nitrogens is 1. The van der Waals surface area contributed by atoms with Gasteiger partial charge in [-0.05, 0) is 6.92 Å². The zero-order chi connectivity index (χ0) is 7.40. The molecule has 0 aromatic rings. The fourth-order valence-electron chi connectivity index (χ4n) is 1.28. The van der Waals surface area contributed by atoms with Crippen molar-refractivity contribution in [3.8, 4) is 0 Å². The third-order valence-corrected chi connectivity index (χ3v) is 1.78. The van der Waals surface area contributed by atoms with Crippen LogP contribution in [0.2, 0.25) is 0 Å². The van der Waals surface area contributed by atoms with Gasteiger partial charge in [0.15, 0.2) is 0 Å². The SMILES string of the molecule is C[C@H](O)C[NH+]1CCOCC1. The second-order valence-corrected chi connectivity index (χ2v) is 2.92. The van der Waals surface area contributed by atoms with Gasteiger partial charge in [-0.15, -0.1) is 0 Å². The van der Waals surface area contributed by atoms with Gasteiger partial charge in [0, 0.05) is 0 Å². The molecule has 1 saturated heterocycles. The Balaban J connectivity index is 2.13. The summed E-state index contributed by atoms with van der Waals surface area (Å²) in [6.07, 6.45) is -0.173. The van der Waals surface area contributed by atoms with E-state index >= 15 is 0 Å². The summed E-state index contributed by atoms with van der Waals surface area (Å²) in [5, 5.41) is 9.04. The average molecular weight is 146 g/mol. The van der Waals surface area contributed by atoms with E-state index in [0.29, 0.717) is 0 Å². The molecule has 1 heterocycles. The Bertz CT molecular complexity index is 89.6. The van der Waals surface area contributed by atoms with E-state index in [-0.39, 0.29) is 6.10 Å². The Morgan fingerprint density at radius 1 is 1.50 bits per heavy atom. The lowest BCUT2D eigenvalue weighted by atomic mass is 10.3. The van der Waals surface area contributed by atoms with Gasteiger partial charge in [-0.25, -0.2) is 0 Å². The maximum absolute atomic E-state index is 9.04. The number of ether oxygens (including phenoxy) is 1. The van der Waals surface area contributed by atoms with Crippen molar-refractivity contribution in [3.63, 3.8) is 0 Å². The van der Waals surface area contributed by atoms with E-state index < -0.39 is 0 Å². The van der Waals surface area contributed by atoms with E-state index in [2.05, 4.69) is 0 Å². The second kappa shape index (κ2) is 3.91. The van der Waals surface area contributed by atoms with Gasteiger partial charge in [0.1, 0.15) is 25.7 Å². The second-order valence-electron chi connectivity index (χ2n) is 2.92. The number of aliphatic hydroxyl groups is 1. The highest BCUT2D eigenvalue weighted by Crippen LogP contribution is 1.77. The average Bonchev–Trinajstić information content (AvgIpc) is 1.88. The first-order valence-corrected chi connectivity index (χ1v) is 3.88. The number of morpholine rings is 1. The van der Waals surface area contributed by atoms with E-state index in [1.165, 1.54) is 4.90 Å². The van der Waals surface area contributed by atoms with Crippen molar-refractivity contribution < 1.29 is 14.7 Å².